The molecule has 1 saturated carbocycles. The van der Waals surface area contributed by atoms with E-state index < -0.39 is 12.1 Å². The lowest BCUT2D eigenvalue weighted by Crippen LogP contribution is -2.53. The van der Waals surface area contributed by atoms with Crippen molar-refractivity contribution in [1.29, 1.82) is 0 Å². The highest BCUT2D eigenvalue weighted by Gasteiger charge is 2.32. The van der Waals surface area contributed by atoms with E-state index in [4.69, 9.17) is 5.73 Å². The summed E-state index contributed by atoms with van der Waals surface area (Å²) >= 11 is 0. The zero-order valence-electron chi connectivity index (χ0n) is 25.0. The number of carbonyl (C=O) groups is 3. The normalized spacial score (nSPS) is 17.7. The standard InChI is InChI=1S/C33H43N7O3/c1-38-29(16-17-35-38)31(41)37-30(26-10-6-3-7-11-26)32(42)36-27-14-12-24(13-15-27)22-28(34)33(43)40-20-18-39(19-21-40)23-25-8-4-2-5-9-25/h2,4-5,8-9,12-17,26,28,30H,3,6-7,10-11,18-23,34H2,1H3,(H,36,42)(H,37,41). The van der Waals surface area contributed by atoms with Crippen molar-refractivity contribution in [2.24, 2.45) is 18.7 Å². The van der Waals surface area contributed by atoms with E-state index in [1.807, 2.05) is 47.4 Å². The van der Waals surface area contributed by atoms with Crippen molar-refractivity contribution in [3.8, 4) is 0 Å². The third-order valence-corrected chi connectivity index (χ3v) is 8.67. The fourth-order valence-corrected chi connectivity index (χ4v) is 6.16. The first kappa shape index (κ1) is 30.4. The third kappa shape index (κ3) is 8.09. The van der Waals surface area contributed by atoms with E-state index in [0.29, 0.717) is 30.9 Å². The van der Waals surface area contributed by atoms with Gasteiger partial charge >= 0.3 is 0 Å². The second-order valence-corrected chi connectivity index (χ2v) is 11.8. The molecule has 2 aromatic carbocycles. The molecule has 2 heterocycles. The molecule has 1 aromatic heterocycles. The lowest BCUT2D eigenvalue weighted by atomic mass is 9.83. The van der Waals surface area contributed by atoms with Gasteiger partial charge in [-0.3, -0.25) is 24.0 Å². The Balaban J connectivity index is 1.13. The molecule has 3 aromatic rings. The van der Waals surface area contributed by atoms with Gasteiger partial charge in [-0.2, -0.15) is 5.10 Å². The van der Waals surface area contributed by atoms with Crippen LogP contribution in [0, 0.1) is 5.92 Å². The monoisotopic (exact) mass is 585 g/mol. The van der Waals surface area contributed by atoms with Crippen LogP contribution in [-0.4, -0.2) is 75.6 Å². The number of piperazine rings is 1. The molecule has 0 spiro atoms. The summed E-state index contributed by atoms with van der Waals surface area (Å²) in [5, 5.41) is 10.0. The van der Waals surface area contributed by atoms with E-state index >= 15 is 0 Å². The third-order valence-electron chi connectivity index (χ3n) is 8.67. The number of hydrogen-bond donors (Lipinski definition) is 3. The predicted octanol–water partition coefficient (Wildman–Crippen LogP) is 2.95. The molecule has 3 amide bonds. The average Bonchev–Trinajstić information content (AvgIpc) is 3.47. The van der Waals surface area contributed by atoms with Gasteiger partial charge in [0.05, 0.1) is 6.04 Å². The quantitative estimate of drug-likeness (QED) is 0.336. The van der Waals surface area contributed by atoms with Gasteiger partial charge in [0.25, 0.3) is 5.91 Å². The minimum atomic E-state index is -0.637. The van der Waals surface area contributed by atoms with Crippen LogP contribution in [0.5, 0.6) is 0 Å². The molecule has 2 atom stereocenters. The smallest absolute Gasteiger partial charge is 0.270 e. The lowest BCUT2D eigenvalue weighted by molar-refractivity contribution is -0.134. The van der Waals surface area contributed by atoms with Gasteiger partial charge in [0.2, 0.25) is 11.8 Å². The summed E-state index contributed by atoms with van der Waals surface area (Å²) < 4.78 is 1.51. The van der Waals surface area contributed by atoms with Crippen molar-refractivity contribution >= 4 is 23.4 Å². The van der Waals surface area contributed by atoms with Crippen LogP contribution in [-0.2, 0) is 29.6 Å². The van der Waals surface area contributed by atoms with Gasteiger partial charge in [-0.1, -0.05) is 61.7 Å². The van der Waals surface area contributed by atoms with Crippen LogP contribution >= 0.6 is 0 Å². The largest absolute Gasteiger partial charge is 0.339 e. The number of nitrogens with one attached hydrogen (secondary N) is 2. The SMILES string of the molecule is Cn1nccc1C(=O)NC(C(=O)Nc1ccc(CC(N)C(=O)N2CCN(Cc3ccccc3)CC2)cc1)C1CCCCC1. The Bertz CT molecular complexity index is 1360. The number of amides is 3. The Labute approximate surface area is 253 Å². The zero-order valence-corrected chi connectivity index (χ0v) is 25.0. The second kappa shape index (κ2) is 14.4. The molecule has 1 saturated heterocycles. The van der Waals surface area contributed by atoms with E-state index in [1.54, 1.807) is 19.3 Å². The Morgan fingerprint density at radius 1 is 0.907 bits per heavy atom. The van der Waals surface area contributed by atoms with Gasteiger partial charge in [0, 0.05) is 51.7 Å². The van der Waals surface area contributed by atoms with Crippen LogP contribution in [0.4, 0.5) is 5.69 Å². The fourth-order valence-electron chi connectivity index (χ4n) is 6.16. The first-order chi connectivity index (χ1) is 20.9. The van der Waals surface area contributed by atoms with E-state index in [1.165, 1.54) is 10.2 Å². The van der Waals surface area contributed by atoms with Crippen LogP contribution in [0.2, 0.25) is 0 Å². The molecule has 2 aliphatic rings. The molecule has 1 aliphatic carbocycles. The minimum absolute atomic E-state index is 0.0313. The van der Waals surface area contributed by atoms with Crippen LogP contribution in [0.1, 0.15) is 53.7 Å². The number of aryl methyl sites for hydroxylation is 1. The lowest BCUT2D eigenvalue weighted by Gasteiger charge is -2.36. The summed E-state index contributed by atoms with van der Waals surface area (Å²) in [7, 11) is 1.71. The van der Waals surface area contributed by atoms with E-state index in [9.17, 15) is 14.4 Å². The summed E-state index contributed by atoms with van der Waals surface area (Å²) in [6.07, 6.45) is 7.03. The Morgan fingerprint density at radius 3 is 2.26 bits per heavy atom. The minimum Gasteiger partial charge on any atom is -0.339 e. The number of anilines is 1. The molecule has 10 nitrogen and oxygen atoms in total. The fraction of sp³-hybridized carbons (Fsp3) is 0.455. The van der Waals surface area contributed by atoms with Gasteiger partial charge in [0.15, 0.2) is 0 Å². The first-order valence-corrected chi connectivity index (χ1v) is 15.4. The molecule has 10 heteroatoms. The van der Waals surface area contributed by atoms with Crippen molar-refractivity contribution in [2.75, 3.05) is 31.5 Å². The van der Waals surface area contributed by atoms with Crippen LogP contribution in [0.3, 0.4) is 0 Å². The maximum Gasteiger partial charge on any atom is 0.270 e. The zero-order chi connectivity index (χ0) is 30.2. The summed E-state index contributed by atoms with van der Waals surface area (Å²) in [4.78, 5) is 43.7. The average molecular weight is 586 g/mol. The van der Waals surface area contributed by atoms with Crippen molar-refractivity contribution in [2.45, 2.75) is 57.2 Å². The number of rotatable bonds is 10. The highest BCUT2D eigenvalue weighted by molar-refractivity contribution is 6.00. The number of benzene rings is 2. The molecular formula is C33H43N7O3. The number of carbonyl (C=O) groups excluding carboxylic acids is 3. The van der Waals surface area contributed by atoms with Crippen molar-refractivity contribution in [3.63, 3.8) is 0 Å². The van der Waals surface area contributed by atoms with E-state index in [-0.39, 0.29) is 23.6 Å². The molecule has 2 fully saturated rings. The Morgan fingerprint density at radius 2 is 1.60 bits per heavy atom. The Hall–Kier alpha value is -4.02. The molecule has 0 bridgehead atoms. The molecule has 4 N–H and O–H groups in total. The Kier molecular flexibility index (Phi) is 10.2. The molecular weight excluding hydrogens is 542 g/mol. The van der Waals surface area contributed by atoms with Gasteiger partial charge in [0.1, 0.15) is 11.7 Å². The highest BCUT2D eigenvalue weighted by Crippen LogP contribution is 2.27. The van der Waals surface area contributed by atoms with Gasteiger partial charge in [-0.05, 0) is 54.5 Å². The van der Waals surface area contributed by atoms with Gasteiger partial charge in [-0.15, -0.1) is 0 Å². The molecule has 5 rings (SSSR count). The van der Waals surface area contributed by atoms with Crippen LogP contribution < -0.4 is 16.4 Å². The molecule has 43 heavy (non-hydrogen) atoms. The van der Waals surface area contributed by atoms with Crippen molar-refractivity contribution in [3.05, 3.63) is 83.7 Å². The van der Waals surface area contributed by atoms with Crippen LogP contribution in [0.25, 0.3) is 0 Å². The second-order valence-electron chi connectivity index (χ2n) is 11.8. The summed E-state index contributed by atoms with van der Waals surface area (Å²) in [5.74, 6) is -0.489. The summed E-state index contributed by atoms with van der Waals surface area (Å²) in [5.41, 5.74) is 9.61. The van der Waals surface area contributed by atoms with Gasteiger partial charge in [-0.25, -0.2) is 0 Å². The molecule has 2 unspecified atom stereocenters. The topological polar surface area (TPSA) is 126 Å². The number of nitrogens with two attached hydrogens (primary N) is 1. The van der Waals surface area contributed by atoms with Crippen molar-refractivity contribution < 1.29 is 14.4 Å². The predicted molar refractivity (Wildman–Crippen MR) is 166 cm³/mol. The number of hydrogen-bond acceptors (Lipinski definition) is 6. The molecule has 228 valence electrons. The number of aromatic nitrogens is 2. The number of nitrogens with zero attached hydrogens (tertiary/aromatic N) is 4. The first-order valence-electron chi connectivity index (χ1n) is 15.4. The van der Waals surface area contributed by atoms with Gasteiger partial charge < -0.3 is 21.3 Å². The molecule has 0 radical (unpaired) electrons. The van der Waals surface area contributed by atoms with E-state index in [0.717, 1.165) is 57.3 Å². The maximum atomic E-state index is 13.4. The summed E-state index contributed by atoms with van der Waals surface area (Å²) in [6, 6.07) is 18.2. The highest BCUT2D eigenvalue weighted by atomic mass is 16.2. The van der Waals surface area contributed by atoms with Crippen molar-refractivity contribution in [1.82, 2.24) is 24.9 Å². The summed E-state index contributed by atoms with van der Waals surface area (Å²) in [6.45, 7) is 3.88. The van der Waals surface area contributed by atoms with E-state index in [2.05, 4.69) is 32.8 Å². The molecule has 1 aliphatic heterocycles. The van der Waals surface area contributed by atoms with Crippen LogP contribution in [0.15, 0.2) is 66.9 Å². The maximum absolute atomic E-state index is 13.4.